The largest absolute Gasteiger partial charge is 0.390 e. The maximum atomic E-state index is 13.7. The van der Waals surface area contributed by atoms with E-state index in [0.717, 1.165) is 24.8 Å². The van der Waals surface area contributed by atoms with Crippen molar-refractivity contribution in [1.29, 1.82) is 0 Å². The fourth-order valence-electron chi connectivity index (χ4n) is 1.72. The zero-order valence-electron chi connectivity index (χ0n) is 8.69. The van der Waals surface area contributed by atoms with Crippen molar-refractivity contribution in [2.24, 2.45) is 0 Å². The highest BCUT2D eigenvalue weighted by Crippen LogP contribution is 2.39. The predicted molar refractivity (Wildman–Crippen MR) is 61.4 cm³/mol. The maximum absolute atomic E-state index is 13.7. The van der Waals surface area contributed by atoms with Crippen molar-refractivity contribution in [3.05, 3.63) is 33.5 Å². The van der Waals surface area contributed by atoms with Gasteiger partial charge in [-0.25, -0.2) is 4.39 Å². The highest BCUT2D eigenvalue weighted by molar-refractivity contribution is 9.10. The van der Waals surface area contributed by atoms with Gasteiger partial charge in [0.1, 0.15) is 5.82 Å². The Bertz CT molecular complexity index is 385. The Kier molecular flexibility index (Phi) is 2.86. The van der Waals surface area contributed by atoms with Gasteiger partial charge in [0, 0.05) is 6.42 Å². The van der Waals surface area contributed by atoms with E-state index >= 15 is 0 Å². The number of rotatable bonds is 3. The van der Waals surface area contributed by atoms with Crippen LogP contribution in [0.2, 0.25) is 0 Å². The van der Waals surface area contributed by atoms with E-state index in [2.05, 4.69) is 15.9 Å². The van der Waals surface area contributed by atoms with Crippen molar-refractivity contribution in [2.45, 2.75) is 38.2 Å². The minimum absolute atomic E-state index is 0.229. The van der Waals surface area contributed by atoms with E-state index in [1.54, 1.807) is 6.07 Å². The fourth-order valence-corrected chi connectivity index (χ4v) is 2.27. The average Bonchev–Trinajstić information content (AvgIpc) is 2.91. The lowest BCUT2D eigenvalue weighted by molar-refractivity contribution is 0.149. The van der Waals surface area contributed by atoms with Gasteiger partial charge in [-0.1, -0.05) is 13.0 Å². The van der Waals surface area contributed by atoms with Crippen LogP contribution in [0.3, 0.4) is 0 Å². The third-order valence-corrected chi connectivity index (χ3v) is 3.50. The molecule has 1 saturated carbocycles. The minimum Gasteiger partial charge on any atom is -0.390 e. The van der Waals surface area contributed by atoms with Gasteiger partial charge in [0.25, 0.3) is 0 Å². The molecule has 0 spiro atoms. The standard InChI is InChI=1S/C12H14BrFO/c1-2-8-5-9(7-12(15)3-4-12)11(14)10(13)6-8/h5-6,15H,2-4,7H2,1H3. The third kappa shape index (κ3) is 2.40. The summed E-state index contributed by atoms with van der Waals surface area (Å²) in [7, 11) is 0. The first kappa shape index (κ1) is 11.1. The van der Waals surface area contributed by atoms with E-state index in [4.69, 9.17) is 0 Å². The molecule has 0 aliphatic heterocycles. The van der Waals surface area contributed by atoms with Crippen LogP contribution in [0.4, 0.5) is 4.39 Å². The number of benzene rings is 1. The molecule has 0 atom stereocenters. The summed E-state index contributed by atoms with van der Waals surface area (Å²) in [5, 5.41) is 9.78. The second kappa shape index (κ2) is 3.87. The number of hydrogen-bond acceptors (Lipinski definition) is 1. The first-order valence-electron chi connectivity index (χ1n) is 5.23. The Balaban J connectivity index is 2.31. The maximum Gasteiger partial charge on any atom is 0.140 e. The monoisotopic (exact) mass is 272 g/mol. The third-order valence-electron chi connectivity index (χ3n) is 2.92. The molecule has 1 aliphatic carbocycles. The van der Waals surface area contributed by atoms with Crippen LogP contribution < -0.4 is 0 Å². The quantitative estimate of drug-likeness (QED) is 0.896. The molecular weight excluding hydrogens is 259 g/mol. The predicted octanol–water partition coefficient (Wildman–Crippen LogP) is 3.22. The molecule has 0 saturated heterocycles. The smallest absolute Gasteiger partial charge is 0.140 e. The Morgan fingerprint density at radius 3 is 2.67 bits per heavy atom. The molecule has 1 N–H and O–H groups in total. The van der Waals surface area contributed by atoms with E-state index in [1.165, 1.54) is 0 Å². The zero-order valence-corrected chi connectivity index (χ0v) is 10.3. The number of halogens is 2. The van der Waals surface area contributed by atoms with Crippen molar-refractivity contribution < 1.29 is 9.50 Å². The molecule has 0 aromatic heterocycles. The van der Waals surface area contributed by atoms with Gasteiger partial charge in [0.2, 0.25) is 0 Å². The molecule has 0 amide bonds. The van der Waals surface area contributed by atoms with E-state index < -0.39 is 5.60 Å². The molecule has 1 fully saturated rings. The van der Waals surface area contributed by atoms with Crippen LogP contribution in [0.15, 0.2) is 16.6 Å². The topological polar surface area (TPSA) is 20.2 Å². The summed E-state index contributed by atoms with van der Waals surface area (Å²) < 4.78 is 14.2. The van der Waals surface area contributed by atoms with E-state index in [1.807, 2.05) is 13.0 Å². The Labute approximate surface area is 97.4 Å². The summed E-state index contributed by atoms with van der Waals surface area (Å²) in [6, 6.07) is 3.66. The second-order valence-corrected chi connectivity index (χ2v) is 5.16. The first-order chi connectivity index (χ1) is 7.04. The molecule has 82 valence electrons. The van der Waals surface area contributed by atoms with Crippen molar-refractivity contribution in [2.75, 3.05) is 0 Å². The summed E-state index contributed by atoms with van der Waals surface area (Å²) in [6.07, 6.45) is 2.90. The van der Waals surface area contributed by atoms with Gasteiger partial charge in [-0.15, -0.1) is 0 Å². The molecule has 3 heteroatoms. The highest BCUT2D eigenvalue weighted by atomic mass is 79.9. The number of hydrogen-bond donors (Lipinski definition) is 1. The molecule has 0 heterocycles. The van der Waals surface area contributed by atoms with Crippen LogP contribution in [0.25, 0.3) is 0 Å². The van der Waals surface area contributed by atoms with E-state index in [0.29, 0.717) is 16.5 Å². The van der Waals surface area contributed by atoms with E-state index in [-0.39, 0.29) is 5.82 Å². The lowest BCUT2D eigenvalue weighted by atomic mass is 10.0. The van der Waals surface area contributed by atoms with Crippen LogP contribution in [-0.4, -0.2) is 10.7 Å². The van der Waals surface area contributed by atoms with Gasteiger partial charge in [0.15, 0.2) is 0 Å². The number of aryl methyl sites for hydroxylation is 1. The summed E-state index contributed by atoms with van der Waals surface area (Å²) in [5.74, 6) is -0.229. The van der Waals surface area contributed by atoms with Crippen LogP contribution >= 0.6 is 15.9 Å². The van der Waals surface area contributed by atoms with Gasteiger partial charge in [-0.3, -0.25) is 0 Å². The summed E-state index contributed by atoms with van der Waals surface area (Å²) in [6.45, 7) is 2.04. The molecule has 15 heavy (non-hydrogen) atoms. The molecule has 0 radical (unpaired) electrons. The van der Waals surface area contributed by atoms with Crippen LogP contribution in [0.5, 0.6) is 0 Å². The molecule has 2 rings (SSSR count). The lowest BCUT2D eigenvalue weighted by Gasteiger charge is -2.11. The highest BCUT2D eigenvalue weighted by Gasteiger charge is 2.40. The summed E-state index contributed by atoms with van der Waals surface area (Å²) in [4.78, 5) is 0. The van der Waals surface area contributed by atoms with Crippen LogP contribution in [-0.2, 0) is 12.8 Å². The van der Waals surface area contributed by atoms with Crippen LogP contribution in [0, 0.1) is 5.82 Å². The van der Waals surface area contributed by atoms with Gasteiger partial charge in [-0.2, -0.15) is 0 Å². The van der Waals surface area contributed by atoms with Crippen molar-refractivity contribution in [1.82, 2.24) is 0 Å². The van der Waals surface area contributed by atoms with Gasteiger partial charge < -0.3 is 5.11 Å². The van der Waals surface area contributed by atoms with Crippen molar-refractivity contribution in [3.63, 3.8) is 0 Å². The Morgan fingerprint density at radius 1 is 1.47 bits per heavy atom. The van der Waals surface area contributed by atoms with E-state index in [9.17, 15) is 9.50 Å². The Hall–Kier alpha value is -0.410. The van der Waals surface area contributed by atoms with Crippen LogP contribution in [0.1, 0.15) is 30.9 Å². The van der Waals surface area contributed by atoms with Gasteiger partial charge >= 0.3 is 0 Å². The second-order valence-electron chi connectivity index (χ2n) is 4.31. The minimum atomic E-state index is -0.632. The molecule has 1 nitrogen and oxygen atoms in total. The molecule has 1 aromatic rings. The number of aliphatic hydroxyl groups is 1. The van der Waals surface area contributed by atoms with Gasteiger partial charge in [0.05, 0.1) is 10.1 Å². The summed E-state index contributed by atoms with van der Waals surface area (Å²) >= 11 is 3.21. The Morgan fingerprint density at radius 2 is 2.13 bits per heavy atom. The first-order valence-corrected chi connectivity index (χ1v) is 6.02. The molecule has 0 bridgehead atoms. The molecule has 1 aromatic carbocycles. The van der Waals surface area contributed by atoms with Gasteiger partial charge in [-0.05, 0) is 52.4 Å². The average molecular weight is 273 g/mol. The van der Waals surface area contributed by atoms with Crippen molar-refractivity contribution in [3.8, 4) is 0 Å². The molecular formula is C12H14BrFO. The fraction of sp³-hybridized carbons (Fsp3) is 0.500. The molecule has 1 aliphatic rings. The lowest BCUT2D eigenvalue weighted by Crippen LogP contribution is -2.12. The van der Waals surface area contributed by atoms with Crippen molar-refractivity contribution >= 4 is 15.9 Å². The summed E-state index contributed by atoms with van der Waals surface area (Å²) in [5.41, 5.74) is 1.09. The zero-order chi connectivity index (χ0) is 11.1. The normalized spacial score (nSPS) is 17.9. The molecule has 0 unspecified atom stereocenters. The SMILES string of the molecule is CCc1cc(Br)c(F)c(CC2(O)CC2)c1.